The maximum Gasteiger partial charge on any atom is 0.271 e. The van der Waals surface area contributed by atoms with Crippen LogP contribution in [-0.4, -0.2) is 23.0 Å². The number of non-ortho nitro benzene ring substituents is 1. The van der Waals surface area contributed by atoms with Gasteiger partial charge in [-0.15, -0.1) is 0 Å². The van der Waals surface area contributed by atoms with E-state index in [0.29, 0.717) is 22.4 Å². The number of carbonyl (C=O) groups excluding carboxylic acids is 2. The zero-order valence-electron chi connectivity index (χ0n) is 16.0. The van der Waals surface area contributed by atoms with Crippen LogP contribution >= 0.6 is 0 Å². The third-order valence-electron chi connectivity index (χ3n) is 4.15. The van der Waals surface area contributed by atoms with Gasteiger partial charge in [-0.25, -0.2) is 5.43 Å². The van der Waals surface area contributed by atoms with E-state index < -0.39 is 10.8 Å². The molecule has 0 unspecified atom stereocenters. The highest BCUT2D eigenvalue weighted by Gasteiger charge is 2.08. The first-order valence-electron chi connectivity index (χ1n) is 8.98. The minimum atomic E-state index is -0.505. The third kappa shape index (κ3) is 5.35. The molecule has 0 atom stereocenters. The summed E-state index contributed by atoms with van der Waals surface area (Å²) in [6, 6.07) is 19.5. The molecule has 0 saturated heterocycles. The lowest BCUT2D eigenvalue weighted by Crippen LogP contribution is -2.18. The molecule has 3 aromatic carbocycles. The van der Waals surface area contributed by atoms with Crippen LogP contribution in [0.4, 0.5) is 11.4 Å². The fourth-order valence-corrected chi connectivity index (χ4v) is 2.64. The second kappa shape index (κ2) is 9.24. The van der Waals surface area contributed by atoms with Gasteiger partial charge in [0.1, 0.15) is 0 Å². The average molecular weight is 402 g/mol. The number of benzene rings is 3. The normalized spacial score (nSPS) is 10.6. The van der Waals surface area contributed by atoms with Crippen LogP contribution in [0.5, 0.6) is 0 Å². The topological polar surface area (TPSA) is 114 Å². The largest absolute Gasteiger partial charge is 0.322 e. The Hall–Kier alpha value is -4.33. The molecule has 0 aliphatic heterocycles. The molecule has 8 nitrogen and oxygen atoms in total. The molecule has 2 amide bonds. The lowest BCUT2D eigenvalue weighted by Gasteiger charge is -2.07. The monoisotopic (exact) mass is 402 g/mol. The summed E-state index contributed by atoms with van der Waals surface area (Å²) >= 11 is 0. The molecule has 8 heteroatoms. The molecule has 150 valence electrons. The lowest BCUT2D eigenvalue weighted by molar-refractivity contribution is -0.384. The molecule has 0 bridgehead atoms. The zero-order valence-corrected chi connectivity index (χ0v) is 16.0. The number of anilines is 1. The Balaban J connectivity index is 1.59. The first-order chi connectivity index (χ1) is 14.4. The molecule has 0 aliphatic rings. The fourth-order valence-electron chi connectivity index (χ4n) is 2.64. The van der Waals surface area contributed by atoms with E-state index in [-0.39, 0.29) is 11.6 Å². The van der Waals surface area contributed by atoms with E-state index in [1.165, 1.54) is 24.4 Å². The highest BCUT2D eigenvalue weighted by molar-refractivity contribution is 6.04. The van der Waals surface area contributed by atoms with Crippen molar-refractivity contribution >= 4 is 29.4 Å². The van der Waals surface area contributed by atoms with Gasteiger partial charge in [0.2, 0.25) is 0 Å². The summed E-state index contributed by atoms with van der Waals surface area (Å²) in [5.41, 5.74) is 5.22. The quantitative estimate of drug-likeness (QED) is 0.369. The average Bonchev–Trinajstić information content (AvgIpc) is 2.74. The Labute approximate surface area is 172 Å². The van der Waals surface area contributed by atoms with Crippen LogP contribution in [0.15, 0.2) is 77.9 Å². The number of hydrogen-bond donors (Lipinski definition) is 2. The van der Waals surface area contributed by atoms with Gasteiger partial charge >= 0.3 is 0 Å². The zero-order chi connectivity index (χ0) is 21.5. The number of rotatable bonds is 6. The van der Waals surface area contributed by atoms with Gasteiger partial charge in [-0.2, -0.15) is 5.10 Å². The smallest absolute Gasteiger partial charge is 0.271 e. The summed E-state index contributed by atoms with van der Waals surface area (Å²) in [4.78, 5) is 34.7. The number of hydrazone groups is 1. The summed E-state index contributed by atoms with van der Waals surface area (Å²) in [7, 11) is 0. The van der Waals surface area contributed by atoms with E-state index in [4.69, 9.17) is 0 Å². The van der Waals surface area contributed by atoms with E-state index in [2.05, 4.69) is 15.8 Å². The highest BCUT2D eigenvalue weighted by atomic mass is 16.6. The number of nitrogens with one attached hydrogen (secondary N) is 2. The summed E-state index contributed by atoms with van der Waals surface area (Å²) in [6.45, 7) is 1.91. The molecule has 0 spiro atoms. The van der Waals surface area contributed by atoms with Gasteiger partial charge in [0.05, 0.1) is 11.1 Å². The molecule has 0 radical (unpaired) electrons. The number of aryl methyl sites for hydroxylation is 1. The van der Waals surface area contributed by atoms with Crippen molar-refractivity contribution in [3.63, 3.8) is 0 Å². The van der Waals surface area contributed by atoms with E-state index in [1.54, 1.807) is 42.5 Å². The molecule has 3 aromatic rings. The molecular weight excluding hydrogens is 384 g/mol. The molecular formula is C22H18N4O4. The van der Waals surface area contributed by atoms with Gasteiger partial charge in [-0.1, -0.05) is 29.8 Å². The lowest BCUT2D eigenvalue weighted by atomic mass is 10.1. The first-order valence-corrected chi connectivity index (χ1v) is 8.98. The minimum absolute atomic E-state index is 0.0615. The van der Waals surface area contributed by atoms with Crippen LogP contribution in [0.3, 0.4) is 0 Å². The van der Waals surface area contributed by atoms with Crippen molar-refractivity contribution < 1.29 is 14.5 Å². The van der Waals surface area contributed by atoms with Crippen molar-refractivity contribution in [1.82, 2.24) is 5.43 Å². The first kappa shape index (κ1) is 20.4. The maximum absolute atomic E-state index is 12.3. The SMILES string of the molecule is Cc1cccc(C(=O)Nc2ccc(C(=O)N/N=C\c3cccc([N+](=O)[O-])c3)cc2)c1. The molecule has 0 aromatic heterocycles. The van der Waals surface area contributed by atoms with Crippen molar-refractivity contribution in [3.8, 4) is 0 Å². The fraction of sp³-hybridized carbons (Fsp3) is 0.0455. The van der Waals surface area contributed by atoms with Crippen molar-refractivity contribution in [2.75, 3.05) is 5.32 Å². The van der Waals surface area contributed by atoms with Gasteiger partial charge in [0, 0.05) is 34.5 Å². The van der Waals surface area contributed by atoms with Gasteiger partial charge in [0.25, 0.3) is 17.5 Å². The number of nitro benzene ring substituents is 1. The van der Waals surface area contributed by atoms with Crippen LogP contribution in [0.1, 0.15) is 31.8 Å². The Morgan fingerprint density at radius 3 is 2.37 bits per heavy atom. The molecule has 0 aliphatic carbocycles. The van der Waals surface area contributed by atoms with Crippen LogP contribution < -0.4 is 10.7 Å². The summed E-state index contributed by atoms with van der Waals surface area (Å²) in [5.74, 6) is -0.689. The second-order valence-corrected chi connectivity index (χ2v) is 6.45. The van der Waals surface area contributed by atoms with Gasteiger partial charge in [-0.3, -0.25) is 19.7 Å². The summed E-state index contributed by atoms with van der Waals surface area (Å²) in [6.07, 6.45) is 1.32. The number of nitrogens with zero attached hydrogens (tertiary/aromatic N) is 2. The van der Waals surface area contributed by atoms with Crippen LogP contribution in [0.25, 0.3) is 0 Å². The highest BCUT2D eigenvalue weighted by Crippen LogP contribution is 2.13. The van der Waals surface area contributed by atoms with E-state index in [1.807, 2.05) is 19.1 Å². The Morgan fingerprint density at radius 1 is 0.933 bits per heavy atom. The van der Waals surface area contributed by atoms with E-state index in [0.717, 1.165) is 5.56 Å². The third-order valence-corrected chi connectivity index (χ3v) is 4.15. The Morgan fingerprint density at radius 2 is 1.67 bits per heavy atom. The summed E-state index contributed by atoms with van der Waals surface area (Å²) in [5, 5.41) is 17.4. The Kier molecular flexibility index (Phi) is 6.29. The van der Waals surface area contributed by atoms with E-state index in [9.17, 15) is 19.7 Å². The molecule has 3 rings (SSSR count). The number of amides is 2. The maximum atomic E-state index is 12.3. The minimum Gasteiger partial charge on any atom is -0.322 e. The van der Waals surface area contributed by atoms with Crippen LogP contribution in [0, 0.1) is 17.0 Å². The number of hydrogen-bond acceptors (Lipinski definition) is 5. The van der Waals surface area contributed by atoms with Gasteiger partial charge < -0.3 is 5.32 Å². The molecule has 0 fully saturated rings. The number of nitro groups is 1. The Bertz CT molecular complexity index is 1120. The van der Waals surface area contributed by atoms with Gasteiger partial charge in [0.15, 0.2) is 0 Å². The summed E-state index contributed by atoms with van der Waals surface area (Å²) < 4.78 is 0. The predicted octanol–water partition coefficient (Wildman–Crippen LogP) is 3.92. The molecule has 0 saturated carbocycles. The molecule has 0 heterocycles. The van der Waals surface area contributed by atoms with Crippen molar-refractivity contribution in [3.05, 3.63) is 105 Å². The second-order valence-electron chi connectivity index (χ2n) is 6.45. The van der Waals surface area contributed by atoms with Crippen molar-refractivity contribution in [2.45, 2.75) is 6.92 Å². The standard InChI is InChI=1S/C22H18N4O4/c1-15-4-2-6-18(12-15)21(27)24-19-10-8-17(9-11-19)22(28)25-23-14-16-5-3-7-20(13-16)26(29)30/h2-14H,1H3,(H,24,27)(H,25,28)/b23-14-. The van der Waals surface area contributed by atoms with Crippen molar-refractivity contribution in [2.24, 2.45) is 5.10 Å². The van der Waals surface area contributed by atoms with Crippen LogP contribution in [0.2, 0.25) is 0 Å². The molecule has 2 N–H and O–H groups in total. The number of carbonyl (C=O) groups is 2. The van der Waals surface area contributed by atoms with Gasteiger partial charge in [-0.05, 0) is 43.3 Å². The predicted molar refractivity (Wildman–Crippen MR) is 114 cm³/mol. The van der Waals surface area contributed by atoms with Crippen LogP contribution in [-0.2, 0) is 0 Å². The van der Waals surface area contributed by atoms with E-state index >= 15 is 0 Å². The molecule has 30 heavy (non-hydrogen) atoms. The van der Waals surface area contributed by atoms with Crippen molar-refractivity contribution in [1.29, 1.82) is 0 Å².